The third kappa shape index (κ3) is 4.36. The van der Waals surface area contributed by atoms with Crippen LogP contribution in [-0.4, -0.2) is 15.5 Å². The van der Waals surface area contributed by atoms with Crippen molar-refractivity contribution < 1.29 is 4.79 Å². The van der Waals surface area contributed by atoms with Crippen LogP contribution in [0.5, 0.6) is 0 Å². The Morgan fingerprint density at radius 3 is 2.37 bits per heavy atom. The molecule has 0 aliphatic heterocycles. The number of rotatable bonds is 5. The smallest absolute Gasteiger partial charge is 0.270 e. The minimum absolute atomic E-state index is 0.165. The molecule has 1 amide bonds. The van der Waals surface area contributed by atoms with Gasteiger partial charge in [-0.3, -0.25) is 9.36 Å². The summed E-state index contributed by atoms with van der Waals surface area (Å²) < 4.78 is 2.78. The average Bonchev–Trinajstić information content (AvgIpc) is 3.22. The van der Waals surface area contributed by atoms with Crippen LogP contribution in [0.2, 0.25) is 0 Å². The predicted octanol–water partition coefficient (Wildman–Crippen LogP) is 5.85. The van der Waals surface area contributed by atoms with Crippen LogP contribution in [0.1, 0.15) is 27.2 Å². The van der Waals surface area contributed by atoms with Gasteiger partial charge in [0.05, 0.1) is 12.5 Å². The second-order valence-electron chi connectivity index (χ2n) is 7.35. The quantitative estimate of drug-likeness (QED) is 0.406. The molecule has 3 aromatic carbocycles. The van der Waals surface area contributed by atoms with Gasteiger partial charge in [0.15, 0.2) is 0 Å². The minimum Gasteiger partial charge on any atom is -0.347 e. The van der Waals surface area contributed by atoms with Crippen LogP contribution in [0.3, 0.4) is 0 Å². The summed E-state index contributed by atoms with van der Waals surface area (Å²) in [5.74, 6) is -0.165. The van der Waals surface area contributed by atoms with E-state index in [-0.39, 0.29) is 5.91 Å². The molecule has 0 spiro atoms. The molecule has 5 heteroatoms. The molecule has 0 saturated carbocycles. The number of halogens is 1. The van der Waals surface area contributed by atoms with E-state index in [4.69, 9.17) is 0 Å². The molecule has 1 heterocycles. The third-order valence-corrected chi connectivity index (χ3v) is 5.74. The van der Waals surface area contributed by atoms with E-state index in [1.54, 1.807) is 17.1 Å². The first-order valence-electron chi connectivity index (χ1n) is 9.74. The fourth-order valence-corrected chi connectivity index (χ4v) is 3.96. The number of nitrogens with zero attached hydrogens (tertiary/aromatic N) is 2. The van der Waals surface area contributed by atoms with Gasteiger partial charge in [-0.15, -0.1) is 0 Å². The van der Waals surface area contributed by atoms with Crippen molar-refractivity contribution in [3.05, 3.63) is 106 Å². The van der Waals surface area contributed by atoms with Gasteiger partial charge < -0.3 is 5.32 Å². The van der Waals surface area contributed by atoms with Gasteiger partial charge >= 0.3 is 0 Å². The van der Waals surface area contributed by atoms with E-state index in [1.165, 1.54) is 16.7 Å². The van der Waals surface area contributed by atoms with Gasteiger partial charge in [-0.25, -0.2) is 4.98 Å². The zero-order valence-electron chi connectivity index (χ0n) is 16.9. The number of aryl methyl sites for hydroxylation is 2. The molecule has 30 heavy (non-hydrogen) atoms. The number of nitrogens with one attached hydrogen (secondary N) is 1. The van der Waals surface area contributed by atoms with Gasteiger partial charge in [0, 0.05) is 16.7 Å². The third-order valence-electron chi connectivity index (χ3n) is 4.97. The van der Waals surface area contributed by atoms with E-state index in [1.807, 2.05) is 36.4 Å². The highest BCUT2D eigenvalue weighted by molar-refractivity contribution is 9.10. The highest BCUT2D eigenvalue weighted by Gasteiger charge is 2.13. The largest absolute Gasteiger partial charge is 0.347 e. The maximum Gasteiger partial charge on any atom is 0.270 e. The molecule has 4 rings (SSSR count). The number of amides is 1. The molecule has 0 unspecified atom stereocenters. The highest BCUT2D eigenvalue weighted by Crippen LogP contribution is 2.24. The first-order chi connectivity index (χ1) is 14.5. The zero-order valence-corrected chi connectivity index (χ0v) is 18.5. The number of hydrogen-bond donors (Lipinski definition) is 1. The summed E-state index contributed by atoms with van der Waals surface area (Å²) in [4.78, 5) is 16.9. The van der Waals surface area contributed by atoms with Crippen molar-refractivity contribution in [2.45, 2.75) is 20.4 Å². The molecule has 0 aliphatic rings. The Labute approximate surface area is 184 Å². The Morgan fingerprint density at radius 1 is 0.967 bits per heavy atom. The number of hydrogen-bond acceptors (Lipinski definition) is 2. The lowest BCUT2D eigenvalue weighted by Gasteiger charge is -2.11. The maximum absolute atomic E-state index is 12.8. The summed E-state index contributed by atoms with van der Waals surface area (Å²) in [6.07, 6.45) is 3.26. The Morgan fingerprint density at radius 2 is 1.67 bits per heavy atom. The van der Waals surface area contributed by atoms with Gasteiger partial charge in [-0.2, -0.15) is 0 Å². The number of carbonyl (C=O) groups excluding carboxylic acids is 1. The Hall–Kier alpha value is -3.18. The van der Waals surface area contributed by atoms with Crippen molar-refractivity contribution in [3.8, 4) is 16.8 Å². The van der Waals surface area contributed by atoms with E-state index in [2.05, 4.69) is 70.4 Å². The molecular formula is C25H22BrN3O. The zero-order chi connectivity index (χ0) is 21.1. The predicted molar refractivity (Wildman–Crippen MR) is 124 cm³/mol. The van der Waals surface area contributed by atoms with Crippen molar-refractivity contribution in [2.75, 3.05) is 0 Å². The van der Waals surface area contributed by atoms with E-state index in [0.29, 0.717) is 12.2 Å². The van der Waals surface area contributed by atoms with Crippen LogP contribution in [0, 0.1) is 13.8 Å². The summed E-state index contributed by atoms with van der Waals surface area (Å²) in [5.41, 5.74) is 7.24. The van der Waals surface area contributed by atoms with Gasteiger partial charge in [-0.05, 0) is 48.7 Å². The molecule has 0 atom stereocenters. The fraction of sp³-hybridized carbons (Fsp3) is 0.120. The van der Waals surface area contributed by atoms with Crippen LogP contribution in [0.15, 0.2) is 83.7 Å². The van der Waals surface area contributed by atoms with Gasteiger partial charge in [-0.1, -0.05) is 75.6 Å². The standard InChI is InChI=1S/C25H22BrN3O/c1-17-11-18(2)13-21(12-17)19-7-9-22(10-8-19)29-16-27-15-24(29)25(30)28-14-20-5-3-4-6-23(20)26/h3-13,15-16H,14H2,1-2H3,(H,28,30). The van der Waals surface area contributed by atoms with E-state index in [0.717, 1.165) is 21.3 Å². The lowest BCUT2D eigenvalue weighted by Crippen LogP contribution is -2.25. The van der Waals surface area contributed by atoms with Crippen molar-refractivity contribution in [1.82, 2.24) is 14.9 Å². The molecule has 1 N–H and O–H groups in total. The molecular weight excluding hydrogens is 438 g/mol. The lowest BCUT2D eigenvalue weighted by atomic mass is 10.0. The Kier molecular flexibility index (Phi) is 5.81. The van der Waals surface area contributed by atoms with E-state index < -0.39 is 0 Å². The number of benzene rings is 3. The number of carbonyl (C=O) groups is 1. The summed E-state index contributed by atoms with van der Waals surface area (Å²) in [6, 6.07) is 22.6. The monoisotopic (exact) mass is 459 g/mol. The van der Waals surface area contributed by atoms with Crippen LogP contribution in [-0.2, 0) is 6.54 Å². The SMILES string of the molecule is Cc1cc(C)cc(-c2ccc(-n3cncc3C(=O)NCc3ccccc3Br)cc2)c1. The summed E-state index contributed by atoms with van der Waals surface area (Å²) in [6.45, 7) is 4.65. The second kappa shape index (κ2) is 8.67. The Bertz CT molecular complexity index is 1180. The van der Waals surface area contributed by atoms with Gasteiger partial charge in [0.25, 0.3) is 5.91 Å². The van der Waals surface area contributed by atoms with E-state index in [9.17, 15) is 4.79 Å². The molecule has 150 valence electrons. The van der Waals surface area contributed by atoms with Crippen molar-refractivity contribution in [3.63, 3.8) is 0 Å². The van der Waals surface area contributed by atoms with Crippen LogP contribution in [0.25, 0.3) is 16.8 Å². The molecule has 1 aromatic heterocycles. The number of imidazole rings is 1. The number of aromatic nitrogens is 2. The molecule has 0 radical (unpaired) electrons. The van der Waals surface area contributed by atoms with Crippen LogP contribution in [0.4, 0.5) is 0 Å². The first kappa shape index (κ1) is 20.1. The highest BCUT2D eigenvalue weighted by atomic mass is 79.9. The summed E-state index contributed by atoms with van der Waals surface area (Å²) in [5, 5.41) is 2.97. The summed E-state index contributed by atoms with van der Waals surface area (Å²) >= 11 is 3.51. The van der Waals surface area contributed by atoms with Gasteiger partial charge in [0.1, 0.15) is 5.69 Å². The summed E-state index contributed by atoms with van der Waals surface area (Å²) in [7, 11) is 0. The molecule has 0 bridgehead atoms. The molecule has 4 nitrogen and oxygen atoms in total. The van der Waals surface area contributed by atoms with Crippen molar-refractivity contribution in [1.29, 1.82) is 0 Å². The second-order valence-corrected chi connectivity index (χ2v) is 8.20. The molecule has 0 aliphatic carbocycles. The fourth-order valence-electron chi connectivity index (χ4n) is 3.53. The maximum atomic E-state index is 12.8. The minimum atomic E-state index is -0.165. The van der Waals surface area contributed by atoms with Gasteiger partial charge in [0.2, 0.25) is 0 Å². The van der Waals surface area contributed by atoms with E-state index >= 15 is 0 Å². The van der Waals surface area contributed by atoms with Crippen molar-refractivity contribution in [2.24, 2.45) is 0 Å². The molecule has 0 fully saturated rings. The van der Waals surface area contributed by atoms with Crippen LogP contribution >= 0.6 is 15.9 Å². The normalized spacial score (nSPS) is 10.8. The molecule has 4 aromatic rings. The lowest BCUT2D eigenvalue weighted by molar-refractivity contribution is 0.0944. The molecule has 0 saturated heterocycles. The average molecular weight is 460 g/mol. The van der Waals surface area contributed by atoms with Crippen LogP contribution < -0.4 is 5.32 Å². The topological polar surface area (TPSA) is 46.9 Å². The van der Waals surface area contributed by atoms with Crippen molar-refractivity contribution >= 4 is 21.8 Å². The Balaban J connectivity index is 1.54. The first-order valence-corrected chi connectivity index (χ1v) is 10.5.